The highest BCUT2D eigenvalue weighted by Crippen LogP contribution is 2.29. The molecule has 2 aromatic heterocycles. The molecule has 1 aliphatic rings. The summed E-state index contributed by atoms with van der Waals surface area (Å²) in [7, 11) is 1.62. The Hall–Kier alpha value is -2.96. The highest BCUT2D eigenvalue weighted by Gasteiger charge is 2.30. The molecule has 1 aliphatic carbocycles. The van der Waals surface area contributed by atoms with Crippen molar-refractivity contribution in [2.45, 2.75) is 64.6 Å². The van der Waals surface area contributed by atoms with Crippen molar-refractivity contribution in [2.75, 3.05) is 7.11 Å². The summed E-state index contributed by atoms with van der Waals surface area (Å²) in [6.07, 6.45) is 10.8. The fraction of sp³-hybridized carbons (Fsp3) is 0.478. The summed E-state index contributed by atoms with van der Waals surface area (Å²) in [6.45, 7) is 4.80. The van der Waals surface area contributed by atoms with Crippen LogP contribution in [0.3, 0.4) is 0 Å². The number of hydrogen-bond acceptors (Lipinski definition) is 5. The van der Waals surface area contributed by atoms with Gasteiger partial charge in [0.1, 0.15) is 17.6 Å². The van der Waals surface area contributed by atoms with Gasteiger partial charge in [0.05, 0.1) is 25.2 Å². The summed E-state index contributed by atoms with van der Waals surface area (Å²) >= 11 is 0. The second-order valence-electron chi connectivity index (χ2n) is 8.24. The molecule has 7 heteroatoms. The van der Waals surface area contributed by atoms with Gasteiger partial charge in [0, 0.05) is 18.6 Å². The molecule has 30 heavy (non-hydrogen) atoms. The van der Waals surface area contributed by atoms with Gasteiger partial charge in [-0.15, -0.1) is 0 Å². The SMILES string of the molecule is COc1cc(Cn2cnc3ncncc32)ccc1C(=O)N(C(C)C)C1CCCCC1. The Bertz CT molecular complexity index is 1020. The van der Waals surface area contributed by atoms with Crippen molar-refractivity contribution in [1.82, 2.24) is 24.4 Å². The first-order chi connectivity index (χ1) is 14.6. The third-order valence-electron chi connectivity index (χ3n) is 5.91. The highest BCUT2D eigenvalue weighted by molar-refractivity contribution is 5.97. The summed E-state index contributed by atoms with van der Waals surface area (Å²) in [5.41, 5.74) is 3.20. The topological polar surface area (TPSA) is 73.1 Å². The van der Waals surface area contributed by atoms with Crippen LogP contribution in [0.25, 0.3) is 11.2 Å². The van der Waals surface area contributed by atoms with E-state index in [2.05, 4.69) is 33.7 Å². The molecule has 1 amide bonds. The minimum atomic E-state index is 0.0572. The Balaban J connectivity index is 1.60. The van der Waals surface area contributed by atoms with E-state index in [0.29, 0.717) is 29.5 Å². The molecule has 0 unspecified atom stereocenters. The molecule has 1 saturated carbocycles. The largest absolute Gasteiger partial charge is 0.496 e. The number of rotatable bonds is 6. The van der Waals surface area contributed by atoms with E-state index in [0.717, 1.165) is 23.9 Å². The van der Waals surface area contributed by atoms with Gasteiger partial charge in [-0.25, -0.2) is 15.0 Å². The molecule has 2 heterocycles. The maximum absolute atomic E-state index is 13.5. The standard InChI is InChI=1S/C23H29N5O2/c1-16(2)28(18-7-5-4-6-8-18)23(29)19-10-9-17(11-21(19)30-3)13-27-15-26-22-20(27)12-24-14-25-22/h9-12,14-16,18H,4-8,13H2,1-3H3. The first-order valence-electron chi connectivity index (χ1n) is 10.7. The Labute approximate surface area is 177 Å². The van der Waals surface area contributed by atoms with Gasteiger partial charge in [0.25, 0.3) is 5.91 Å². The van der Waals surface area contributed by atoms with Gasteiger partial charge in [0.15, 0.2) is 5.65 Å². The summed E-state index contributed by atoms with van der Waals surface area (Å²) in [5, 5.41) is 0. The zero-order valence-electron chi connectivity index (χ0n) is 17.9. The molecular weight excluding hydrogens is 378 g/mol. The van der Waals surface area contributed by atoms with E-state index in [-0.39, 0.29) is 11.9 Å². The molecule has 0 radical (unpaired) electrons. The molecule has 7 nitrogen and oxygen atoms in total. The van der Waals surface area contributed by atoms with Crippen LogP contribution in [-0.2, 0) is 6.54 Å². The molecule has 1 fully saturated rings. The molecule has 158 valence electrons. The van der Waals surface area contributed by atoms with Crippen LogP contribution in [0.5, 0.6) is 5.75 Å². The minimum absolute atomic E-state index is 0.0572. The lowest BCUT2D eigenvalue weighted by atomic mass is 9.92. The first kappa shape index (κ1) is 20.3. The van der Waals surface area contributed by atoms with Gasteiger partial charge in [-0.1, -0.05) is 25.3 Å². The number of aromatic nitrogens is 4. The Morgan fingerprint density at radius 2 is 2.03 bits per heavy atom. The van der Waals surface area contributed by atoms with Gasteiger partial charge in [-0.2, -0.15) is 0 Å². The van der Waals surface area contributed by atoms with Crippen LogP contribution in [0, 0.1) is 0 Å². The fourth-order valence-electron chi connectivity index (χ4n) is 4.46. The lowest BCUT2D eigenvalue weighted by molar-refractivity contribution is 0.0552. The molecule has 1 aromatic carbocycles. The number of carbonyl (C=O) groups is 1. The first-order valence-corrected chi connectivity index (χ1v) is 10.7. The molecule has 0 atom stereocenters. The van der Waals surface area contributed by atoms with Gasteiger partial charge >= 0.3 is 0 Å². The summed E-state index contributed by atoms with van der Waals surface area (Å²) in [6, 6.07) is 6.30. The van der Waals surface area contributed by atoms with Crippen molar-refractivity contribution >= 4 is 17.1 Å². The van der Waals surface area contributed by atoms with Crippen molar-refractivity contribution in [2.24, 2.45) is 0 Å². The monoisotopic (exact) mass is 407 g/mol. The third kappa shape index (κ3) is 4.01. The zero-order chi connectivity index (χ0) is 21.1. The van der Waals surface area contributed by atoms with Gasteiger partial charge in [-0.3, -0.25) is 4.79 Å². The predicted molar refractivity (Wildman–Crippen MR) is 116 cm³/mol. The van der Waals surface area contributed by atoms with Gasteiger partial charge in [-0.05, 0) is 44.4 Å². The number of nitrogens with zero attached hydrogens (tertiary/aromatic N) is 5. The van der Waals surface area contributed by atoms with Crippen molar-refractivity contribution < 1.29 is 9.53 Å². The molecule has 4 rings (SSSR count). The van der Waals surface area contributed by atoms with Crippen LogP contribution >= 0.6 is 0 Å². The molecule has 0 saturated heterocycles. The number of imidazole rings is 1. The van der Waals surface area contributed by atoms with Crippen LogP contribution in [0.15, 0.2) is 37.1 Å². The second kappa shape index (κ2) is 8.81. The van der Waals surface area contributed by atoms with E-state index < -0.39 is 0 Å². The molecule has 0 aliphatic heterocycles. The summed E-state index contributed by atoms with van der Waals surface area (Å²) < 4.78 is 7.63. The normalized spacial score (nSPS) is 14.9. The number of ether oxygens (including phenoxy) is 1. The lowest BCUT2D eigenvalue weighted by Gasteiger charge is -2.37. The van der Waals surface area contributed by atoms with Gasteiger partial charge < -0.3 is 14.2 Å². The van der Waals surface area contributed by atoms with Crippen LogP contribution in [0.4, 0.5) is 0 Å². The smallest absolute Gasteiger partial charge is 0.258 e. The maximum Gasteiger partial charge on any atom is 0.258 e. The summed E-state index contributed by atoms with van der Waals surface area (Å²) in [5.74, 6) is 0.668. The van der Waals surface area contributed by atoms with E-state index in [4.69, 9.17) is 4.74 Å². The molecular formula is C23H29N5O2. The fourth-order valence-corrected chi connectivity index (χ4v) is 4.46. The zero-order valence-corrected chi connectivity index (χ0v) is 17.9. The van der Waals surface area contributed by atoms with E-state index in [1.807, 2.05) is 22.8 Å². The molecule has 3 aromatic rings. The Kier molecular flexibility index (Phi) is 5.97. The van der Waals surface area contributed by atoms with Gasteiger partial charge in [0.2, 0.25) is 0 Å². The summed E-state index contributed by atoms with van der Waals surface area (Å²) in [4.78, 5) is 28.1. The van der Waals surface area contributed by atoms with Crippen LogP contribution in [-0.4, -0.2) is 49.5 Å². The minimum Gasteiger partial charge on any atom is -0.496 e. The average molecular weight is 408 g/mol. The Morgan fingerprint density at radius 1 is 1.23 bits per heavy atom. The quantitative estimate of drug-likeness (QED) is 0.616. The molecule has 0 spiro atoms. The average Bonchev–Trinajstić information content (AvgIpc) is 3.17. The number of benzene rings is 1. The highest BCUT2D eigenvalue weighted by atomic mass is 16.5. The van der Waals surface area contributed by atoms with Crippen molar-refractivity contribution in [3.05, 3.63) is 48.2 Å². The van der Waals surface area contributed by atoms with E-state index in [1.54, 1.807) is 19.6 Å². The molecule has 0 bridgehead atoms. The van der Waals surface area contributed by atoms with E-state index >= 15 is 0 Å². The maximum atomic E-state index is 13.5. The molecule has 0 N–H and O–H groups in total. The van der Waals surface area contributed by atoms with Crippen LogP contribution in [0.2, 0.25) is 0 Å². The van der Waals surface area contributed by atoms with Crippen molar-refractivity contribution in [3.63, 3.8) is 0 Å². The Morgan fingerprint density at radius 3 is 2.77 bits per heavy atom. The number of methoxy groups -OCH3 is 1. The second-order valence-corrected chi connectivity index (χ2v) is 8.24. The number of carbonyl (C=O) groups excluding carboxylic acids is 1. The third-order valence-corrected chi connectivity index (χ3v) is 5.91. The van der Waals surface area contributed by atoms with Crippen molar-refractivity contribution in [3.8, 4) is 5.75 Å². The van der Waals surface area contributed by atoms with E-state index in [9.17, 15) is 4.79 Å². The predicted octanol–water partition coefficient (Wildman–Crippen LogP) is 4.07. The lowest BCUT2D eigenvalue weighted by Crippen LogP contribution is -2.45. The van der Waals surface area contributed by atoms with Crippen LogP contribution < -0.4 is 4.74 Å². The van der Waals surface area contributed by atoms with Crippen LogP contribution in [0.1, 0.15) is 61.9 Å². The van der Waals surface area contributed by atoms with Crippen molar-refractivity contribution in [1.29, 1.82) is 0 Å². The number of fused-ring (bicyclic) bond motifs is 1. The van der Waals surface area contributed by atoms with E-state index in [1.165, 1.54) is 25.6 Å². The number of hydrogen-bond donors (Lipinski definition) is 0. The number of amides is 1.